The molecule has 4 heteroatoms. The van der Waals surface area contributed by atoms with Crippen LogP contribution in [-0.4, -0.2) is 23.5 Å². The van der Waals surface area contributed by atoms with Crippen LogP contribution in [0.3, 0.4) is 0 Å². The lowest BCUT2D eigenvalue weighted by molar-refractivity contribution is -0.138. The second kappa shape index (κ2) is 2.77. The first-order chi connectivity index (χ1) is 5.43. The third-order valence-electron chi connectivity index (χ3n) is 2.24. The zero-order chi connectivity index (χ0) is 9.35. The van der Waals surface area contributed by atoms with Crippen LogP contribution in [0.5, 0.6) is 0 Å². The molecule has 12 heavy (non-hydrogen) atoms. The third-order valence-corrected chi connectivity index (χ3v) is 2.24. The van der Waals surface area contributed by atoms with Crippen LogP contribution in [0.2, 0.25) is 0 Å². The highest BCUT2D eigenvalue weighted by atomic mass is 16.4. The zero-order valence-corrected chi connectivity index (χ0v) is 7.26. The summed E-state index contributed by atoms with van der Waals surface area (Å²) < 4.78 is 0. The summed E-state index contributed by atoms with van der Waals surface area (Å²) in [5.41, 5.74) is 0.0720. The molecule has 0 heterocycles. The van der Waals surface area contributed by atoms with Crippen molar-refractivity contribution in [1.82, 2.24) is 5.32 Å². The molecule has 0 bridgehead atoms. The highest BCUT2D eigenvalue weighted by molar-refractivity contribution is 5.85. The average molecular weight is 171 g/mol. The summed E-state index contributed by atoms with van der Waals surface area (Å²) in [5.74, 6) is -1.12. The van der Waals surface area contributed by atoms with Gasteiger partial charge in [0.05, 0.1) is 0 Å². The van der Waals surface area contributed by atoms with Crippen LogP contribution in [0.25, 0.3) is 0 Å². The fourth-order valence-corrected chi connectivity index (χ4v) is 1.20. The lowest BCUT2D eigenvalue weighted by atomic mass is 10.1. The molecule has 1 rings (SSSR count). The van der Waals surface area contributed by atoms with E-state index in [1.54, 1.807) is 0 Å². The van der Waals surface area contributed by atoms with E-state index < -0.39 is 5.97 Å². The van der Waals surface area contributed by atoms with Gasteiger partial charge in [-0.1, -0.05) is 13.8 Å². The topological polar surface area (TPSA) is 66.4 Å². The van der Waals surface area contributed by atoms with E-state index in [1.165, 1.54) is 0 Å². The van der Waals surface area contributed by atoms with E-state index in [1.807, 2.05) is 13.8 Å². The summed E-state index contributed by atoms with van der Waals surface area (Å²) in [5, 5.41) is 10.6. The molecule has 1 aliphatic rings. The van der Waals surface area contributed by atoms with Gasteiger partial charge in [0.2, 0.25) is 5.91 Å². The largest absolute Gasteiger partial charge is 0.480 e. The Morgan fingerprint density at radius 2 is 2.08 bits per heavy atom. The maximum Gasteiger partial charge on any atom is 0.322 e. The molecule has 2 N–H and O–H groups in total. The summed E-state index contributed by atoms with van der Waals surface area (Å²) >= 11 is 0. The molecule has 0 radical (unpaired) electrons. The van der Waals surface area contributed by atoms with Crippen LogP contribution in [-0.2, 0) is 9.59 Å². The van der Waals surface area contributed by atoms with E-state index >= 15 is 0 Å². The lowest BCUT2D eigenvalue weighted by Crippen LogP contribution is -2.31. The van der Waals surface area contributed by atoms with Gasteiger partial charge in [0, 0.05) is 5.92 Å². The van der Waals surface area contributed by atoms with Gasteiger partial charge in [-0.15, -0.1) is 0 Å². The maximum atomic E-state index is 11.2. The minimum absolute atomic E-state index is 0.0110. The van der Waals surface area contributed by atoms with Gasteiger partial charge in [-0.05, 0) is 11.8 Å². The SMILES string of the molecule is CC1(C)CC1C(=O)NCC(=O)O. The number of carbonyl (C=O) groups is 2. The molecular formula is C8H13NO3. The number of nitrogens with one attached hydrogen (secondary N) is 1. The number of aliphatic carboxylic acids is 1. The van der Waals surface area contributed by atoms with E-state index in [0.29, 0.717) is 0 Å². The number of amides is 1. The highest BCUT2D eigenvalue weighted by Gasteiger charge is 2.50. The number of carboxylic acid groups (broad SMARTS) is 1. The van der Waals surface area contributed by atoms with Crippen molar-refractivity contribution in [2.75, 3.05) is 6.54 Å². The number of carbonyl (C=O) groups excluding carboxylic acids is 1. The van der Waals surface area contributed by atoms with Crippen LogP contribution in [0.15, 0.2) is 0 Å². The Balaban J connectivity index is 2.27. The quantitative estimate of drug-likeness (QED) is 0.639. The molecule has 1 aliphatic carbocycles. The molecule has 0 aromatic heterocycles. The van der Waals surface area contributed by atoms with Crippen LogP contribution in [0, 0.1) is 11.3 Å². The van der Waals surface area contributed by atoms with E-state index in [4.69, 9.17) is 5.11 Å². The Labute approximate surface area is 71.0 Å². The van der Waals surface area contributed by atoms with Gasteiger partial charge in [0.15, 0.2) is 0 Å². The molecule has 0 aromatic rings. The van der Waals surface area contributed by atoms with Crippen LogP contribution in [0.1, 0.15) is 20.3 Å². The molecular weight excluding hydrogens is 158 g/mol. The molecule has 1 saturated carbocycles. The van der Waals surface area contributed by atoms with Crippen molar-refractivity contribution in [2.45, 2.75) is 20.3 Å². The Bertz CT molecular complexity index is 222. The Kier molecular flexibility index (Phi) is 2.08. The van der Waals surface area contributed by atoms with E-state index in [9.17, 15) is 9.59 Å². The Hall–Kier alpha value is -1.06. The monoisotopic (exact) mass is 171 g/mol. The number of carboxylic acids is 1. The van der Waals surface area contributed by atoms with Crippen molar-refractivity contribution in [3.05, 3.63) is 0 Å². The van der Waals surface area contributed by atoms with E-state index in [-0.39, 0.29) is 23.8 Å². The number of hydrogen-bond acceptors (Lipinski definition) is 2. The van der Waals surface area contributed by atoms with Gasteiger partial charge in [0.1, 0.15) is 6.54 Å². The van der Waals surface area contributed by atoms with Gasteiger partial charge in [-0.2, -0.15) is 0 Å². The molecule has 1 unspecified atom stereocenters. The Morgan fingerprint density at radius 3 is 2.42 bits per heavy atom. The molecule has 1 amide bonds. The molecule has 0 saturated heterocycles. The van der Waals surface area contributed by atoms with Gasteiger partial charge in [0.25, 0.3) is 0 Å². The first-order valence-corrected chi connectivity index (χ1v) is 3.93. The number of rotatable bonds is 3. The predicted molar refractivity (Wildman–Crippen MR) is 42.5 cm³/mol. The minimum atomic E-state index is -0.998. The van der Waals surface area contributed by atoms with Gasteiger partial charge < -0.3 is 10.4 Å². The number of hydrogen-bond donors (Lipinski definition) is 2. The zero-order valence-electron chi connectivity index (χ0n) is 7.26. The first-order valence-electron chi connectivity index (χ1n) is 3.93. The molecule has 1 fully saturated rings. The van der Waals surface area contributed by atoms with Crippen LogP contribution >= 0.6 is 0 Å². The molecule has 68 valence electrons. The van der Waals surface area contributed by atoms with E-state index in [0.717, 1.165) is 6.42 Å². The van der Waals surface area contributed by atoms with Gasteiger partial charge >= 0.3 is 5.97 Å². The van der Waals surface area contributed by atoms with Gasteiger partial charge in [-0.25, -0.2) is 0 Å². The summed E-state index contributed by atoms with van der Waals surface area (Å²) in [7, 11) is 0. The van der Waals surface area contributed by atoms with Crippen LogP contribution in [0.4, 0.5) is 0 Å². The minimum Gasteiger partial charge on any atom is -0.480 e. The third kappa shape index (κ3) is 1.96. The highest BCUT2D eigenvalue weighted by Crippen LogP contribution is 2.51. The smallest absolute Gasteiger partial charge is 0.322 e. The predicted octanol–water partition coefficient (Wildman–Crippen LogP) is 0.233. The standard InChI is InChI=1S/C8H13NO3/c1-8(2)3-5(8)7(12)9-4-6(10)11/h5H,3-4H2,1-2H3,(H,9,12)(H,10,11). The fraction of sp³-hybridized carbons (Fsp3) is 0.750. The second-order valence-electron chi connectivity index (χ2n) is 3.86. The van der Waals surface area contributed by atoms with Crippen molar-refractivity contribution in [3.8, 4) is 0 Å². The van der Waals surface area contributed by atoms with Gasteiger partial charge in [-0.3, -0.25) is 9.59 Å². The van der Waals surface area contributed by atoms with Crippen molar-refractivity contribution in [1.29, 1.82) is 0 Å². The maximum absolute atomic E-state index is 11.2. The van der Waals surface area contributed by atoms with Crippen LogP contribution < -0.4 is 5.32 Å². The lowest BCUT2D eigenvalue weighted by Gasteiger charge is -2.02. The molecule has 4 nitrogen and oxygen atoms in total. The molecule has 0 aromatic carbocycles. The summed E-state index contributed by atoms with van der Waals surface area (Å²) in [4.78, 5) is 21.2. The second-order valence-corrected chi connectivity index (χ2v) is 3.86. The summed E-state index contributed by atoms with van der Waals surface area (Å²) in [6.07, 6.45) is 0.860. The Morgan fingerprint density at radius 1 is 1.58 bits per heavy atom. The van der Waals surface area contributed by atoms with Crippen molar-refractivity contribution in [3.63, 3.8) is 0 Å². The summed E-state index contributed by atoms with van der Waals surface area (Å²) in [6.45, 7) is 3.72. The molecule has 0 aliphatic heterocycles. The molecule has 0 spiro atoms. The first kappa shape index (κ1) is 9.03. The summed E-state index contributed by atoms with van der Waals surface area (Å²) in [6, 6.07) is 0. The normalized spacial score (nSPS) is 24.7. The van der Waals surface area contributed by atoms with Crippen molar-refractivity contribution < 1.29 is 14.7 Å². The molecule has 1 atom stereocenters. The van der Waals surface area contributed by atoms with E-state index in [2.05, 4.69) is 5.32 Å². The van der Waals surface area contributed by atoms with Crippen molar-refractivity contribution >= 4 is 11.9 Å². The fourth-order valence-electron chi connectivity index (χ4n) is 1.20. The van der Waals surface area contributed by atoms with Crippen molar-refractivity contribution in [2.24, 2.45) is 11.3 Å². The average Bonchev–Trinajstić information content (AvgIpc) is 2.55.